The molecule has 0 aliphatic heterocycles. The molecule has 90 valence electrons. The highest BCUT2D eigenvalue weighted by Gasteiger charge is 2.31. The Hall–Kier alpha value is 0.240. The van der Waals surface area contributed by atoms with Gasteiger partial charge in [0.05, 0.1) is 8.67 Å². The van der Waals surface area contributed by atoms with E-state index in [1.54, 1.807) is 0 Å². The Morgan fingerprint density at radius 2 is 2.19 bits per heavy atom. The van der Waals surface area contributed by atoms with Crippen molar-refractivity contribution in [2.24, 2.45) is 5.41 Å². The smallest absolute Gasteiger partial charge is 0.0991 e. The Balaban J connectivity index is 1.92. The molecule has 1 aliphatic rings. The van der Waals surface area contributed by atoms with Gasteiger partial charge < -0.3 is 5.32 Å². The van der Waals surface area contributed by atoms with Gasteiger partial charge in [0.25, 0.3) is 0 Å². The third-order valence-electron chi connectivity index (χ3n) is 3.55. The summed E-state index contributed by atoms with van der Waals surface area (Å²) in [5.41, 5.74) is 1.63. The lowest BCUT2D eigenvalue weighted by molar-refractivity contribution is 0.152. The van der Waals surface area contributed by atoms with Crippen LogP contribution in [0.4, 0.5) is 0 Å². The summed E-state index contributed by atoms with van der Waals surface area (Å²) in [4.78, 5) is 0. The van der Waals surface area contributed by atoms with Crippen LogP contribution in [0.15, 0.2) is 6.07 Å². The molecule has 1 saturated carbocycles. The molecule has 4 heteroatoms. The van der Waals surface area contributed by atoms with Crippen LogP contribution >= 0.6 is 34.5 Å². The molecule has 1 aromatic rings. The van der Waals surface area contributed by atoms with Crippen LogP contribution in [-0.2, 0) is 0 Å². The van der Waals surface area contributed by atoms with Crippen molar-refractivity contribution >= 4 is 34.5 Å². The second-order valence-corrected chi connectivity index (χ2v) is 7.33. The van der Waals surface area contributed by atoms with Crippen molar-refractivity contribution in [2.75, 3.05) is 6.54 Å². The second kappa shape index (κ2) is 4.85. The maximum atomic E-state index is 6.13. The van der Waals surface area contributed by atoms with E-state index < -0.39 is 0 Å². The molecule has 0 amide bonds. The zero-order valence-electron chi connectivity index (χ0n) is 9.65. The normalized spacial score (nSPS) is 20.5. The SMILES string of the molecule is CC(NCC1(C)CCC1)c1cc(Cl)sc1Cl. The van der Waals surface area contributed by atoms with E-state index in [1.165, 1.54) is 30.6 Å². The highest BCUT2D eigenvalue weighted by Crippen LogP contribution is 2.40. The van der Waals surface area contributed by atoms with Crippen molar-refractivity contribution in [3.63, 3.8) is 0 Å². The minimum absolute atomic E-state index is 0.286. The minimum Gasteiger partial charge on any atom is -0.310 e. The summed E-state index contributed by atoms with van der Waals surface area (Å²) < 4.78 is 1.58. The van der Waals surface area contributed by atoms with Crippen molar-refractivity contribution in [3.05, 3.63) is 20.3 Å². The van der Waals surface area contributed by atoms with Gasteiger partial charge >= 0.3 is 0 Å². The number of halogens is 2. The van der Waals surface area contributed by atoms with E-state index in [4.69, 9.17) is 23.2 Å². The Kier molecular flexibility index (Phi) is 3.85. The van der Waals surface area contributed by atoms with Gasteiger partial charge in [-0.05, 0) is 36.8 Å². The van der Waals surface area contributed by atoms with Gasteiger partial charge in [-0.2, -0.15) is 0 Å². The lowest BCUT2D eigenvalue weighted by Crippen LogP contribution is -2.38. The number of thiophene rings is 1. The average Bonchev–Trinajstić information content (AvgIpc) is 2.51. The van der Waals surface area contributed by atoms with Crippen molar-refractivity contribution in [1.82, 2.24) is 5.32 Å². The summed E-state index contributed by atoms with van der Waals surface area (Å²) in [7, 11) is 0. The molecule has 1 fully saturated rings. The summed E-state index contributed by atoms with van der Waals surface area (Å²) in [6.45, 7) is 5.56. The van der Waals surface area contributed by atoms with Gasteiger partial charge in [-0.25, -0.2) is 0 Å². The first kappa shape index (κ1) is 12.7. The maximum Gasteiger partial charge on any atom is 0.0991 e. The van der Waals surface area contributed by atoms with E-state index in [1.807, 2.05) is 6.07 Å². The number of nitrogens with one attached hydrogen (secondary N) is 1. The molecular weight excluding hydrogens is 261 g/mol. The first-order valence-electron chi connectivity index (χ1n) is 5.68. The Labute approximate surface area is 111 Å². The average molecular weight is 278 g/mol. The van der Waals surface area contributed by atoms with Gasteiger partial charge in [0.2, 0.25) is 0 Å². The molecule has 1 atom stereocenters. The molecule has 1 nitrogen and oxygen atoms in total. The molecule has 0 radical (unpaired) electrons. The van der Waals surface area contributed by atoms with E-state index >= 15 is 0 Å². The van der Waals surface area contributed by atoms with E-state index in [9.17, 15) is 0 Å². The first-order valence-corrected chi connectivity index (χ1v) is 7.25. The molecule has 0 spiro atoms. The number of rotatable bonds is 4. The van der Waals surface area contributed by atoms with Crippen molar-refractivity contribution in [1.29, 1.82) is 0 Å². The molecule has 16 heavy (non-hydrogen) atoms. The van der Waals surface area contributed by atoms with Crippen LogP contribution in [0.3, 0.4) is 0 Å². The summed E-state index contributed by atoms with van der Waals surface area (Å²) in [6, 6.07) is 2.25. The summed E-state index contributed by atoms with van der Waals surface area (Å²) in [5.74, 6) is 0. The summed E-state index contributed by atoms with van der Waals surface area (Å²) >= 11 is 13.5. The molecule has 1 unspecified atom stereocenters. The van der Waals surface area contributed by atoms with Crippen LogP contribution < -0.4 is 5.32 Å². The molecule has 1 heterocycles. The lowest BCUT2D eigenvalue weighted by Gasteiger charge is -2.39. The van der Waals surface area contributed by atoms with Crippen molar-refractivity contribution in [2.45, 2.75) is 39.2 Å². The summed E-state index contributed by atoms with van der Waals surface area (Å²) in [6.07, 6.45) is 4.05. The lowest BCUT2D eigenvalue weighted by atomic mass is 9.70. The van der Waals surface area contributed by atoms with E-state index in [0.717, 1.165) is 20.8 Å². The Morgan fingerprint density at radius 1 is 1.50 bits per heavy atom. The molecule has 1 aliphatic carbocycles. The highest BCUT2D eigenvalue weighted by atomic mass is 35.5. The molecule has 2 rings (SSSR count). The topological polar surface area (TPSA) is 12.0 Å². The molecule has 1 aromatic heterocycles. The van der Waals surface area contributed by atoms with Gasteiger partial charge in [-0.3, -0.25) is 0 Å². The van der Waals surface area contributed by atoms with Crippen LogP contribution in [0.25, 0.3) is 0 Å². The molecule has 0 aromatic carbocycles. The fourth-order valence-electron chi connectivity index (χ4n) is 2.11. The zero-order chi connectivity index (χ0) is 11.8. The highest BCUT2D eigenvalue weighted by molar-refractivity contribution is 7.20. The van der Waals surface area contributed by atoms with Gasteiger partial charge in [-0.1, -0.05) is 36.5 Å². The largest absolute Gasteiger partial charge is 0.310 e. The molecule has 0 bridgehead atoms. The molecular formula is C12H17Cl2NS. The van der Waals surface area contributed by atoms with Crippen molar-refractivity contribution in [3.8, 4) is 0 Å². The monoisotopic (exact) mass is 277 g/mol. The van der Waals surface area contributed by atoms with Gasteiger partial charge in [0.1, 0.15) is 0 Å². The van der Waals surface area contributed by atoms with Crippen LogP contribution in [0, 0.1) is 5.41 Å². The predicted molar refractivity (Wildman–Crippen MR) is 72.7 cm³/mol. The third-order valence-corrected chi connectivity index (χ3v) is 5.06. The van der Waals surface area contributed by atoms with Gasteiger partial charge in [-0.15, -0.1) is 11.3 Å². The van der Waals surface area contributed by atoms with Gasteiger partial charge in [0, 0.05) is 12.6 Å². The minimum atomic E-state index is 0.286. The third kappa shape index (κ3) is 2.73. The summed E-state index contributed by atoms with van der Waals surface area (Å²) in [5, 5.41) is 3.56. The predicted octanol–water partition coefficient (Wildman–Crippen LogP) is 4.90. The van der Waals surface area contributed by atoms with Crippen LogP contribution in [0.5, 0.6) is 0 Å². The fraction of sp³-hybridized carbons (Fsp3) is 0.667. The zero-order valence-corrected chi connectivity index (χ0v) is 12.0. The second-order valence-electron chi connectivity index (χ2n) is 5.05. The number of hydrogen-bond donors (Lipinski definition) is 1. The standard InChI is InChI=1S/C12H17Cl2NS/c1-8(9-6-10(13)16-11(9)14)15-7-12(2)4-3-5-12/h6,8,15H,3-5,7H2,1-2H3. The maximum absolute atomic E-state index is 6.13. The fourth-order valence-corrected chi connectivity index (χ4v) is 3.76. The molecule has 0 saturated heterocycles. The molecule has 1 N–H and O–H groups in total. The number of hydrogen-bond acceptors (Lipinski definition) is 2. The quantitative estimate of drug-likeness (QED) is 0.826. The Bertz CT molecular complexity index is 371. The first-order chi connectivity index (χ1) is 7.50. The Morgan fingerprint density at radius 3 is 2.62 bits per heavy atom. The van der Waals surface area contributed by atoms with E-state index in [-0.39, 0.29) is 6.04 Å². The van der Waals surface area contributed by atoms with Crippen LogP contribution in [0.2, 0.25) is 8.67 Å². The van der Waals surface area contributed by atoms with E-state index in [0.29, 0.717) is 5.41 Å². The van der Waals surface area contributed by atoms with Crippen LogP contribution in [-0.4, -0.2) is 6.54 Å². The van der Waals surface area contributed by atoms with Gasteiger partial charge in [0.15, 0.2) is 0 Å². The van der Waals surface area contributed by atoms with Crippen LogP contribution in [0.1, 0.15) is 44.7 Å². The van der Waals surface area contributed by atoms with E-state index in [2.05, 4.69) is 19.2 Å². The van der Waals surface area contributed by atoms with Crippen molar-refractivity contribution < 1.29 is 0 Å².